The summed E-state index contributed by atoms with van der Waals surface area (Å²) in [5.74, 6) is -1.58. The molecule has 1 fully saturated rings. The van der Waals surface area contributed by atoms with Gasteiger partial charge in [0, 0.05) is 18.3 Å². The molecule has 0 spiro atoms. The summed E-state index contributed by atoms with van der Waals surface area (Å²) in [5, 5.41) is 13.6. The van der Waals surface area contributed by atoms with Gasteiger partial charge in [-0.25, -0.2) is 4.79 Å². The lowest BCUT2D eigenvalue weighted by Gasteiger charge is -2.22. The van der Waals surface area contributed by atoms with Crippen LogP contribution in [0.1, 0.15) is 18.4 Å². The number of aromatic nitrogens is 1. The van der Waals surface area contributed by atoms with E-state index in [2.05, 4.69) is 5.32 Å². The van der Waals surface area contributed by atoms with Gasteiger partial charge in [0.2, 0.25) is 11.8 Å². The fourth-order valence-electron chi connectivity index (χ4n) is 3.98. The summed E-state index contributed by atoms with van der Waals surface area (Å²) in [6, 6.07) is 10.7. The van der Waals surface area contributed by atoms with Crippen LogP contribution in [0.15, 0.2) is 51.7 Å². The predicted molar refractivity (Wildman–Crippen MR) is 115 cm³/mol. The number of hydrogen-bond donors (Lipinski definition) is 2. The first-order chi connectivity index (χ1) is 15.3. The fourth-order valence-corrected chi connectivity index (χ4v) is 3.98. The van der Waals surface area contributed by atoms with E-state index in [0.29, 0.717) is 12.2 Å². The Morgan fingerprint density at radius 3 is 2.81 bits per heavy atom. The third-order valence-electron chi connectivity index (χ3n) is 5.45. The predicted octanol–water partition coefficient (Wildman–Crippen LogP) is 1.59. The normalized spacial score (nSPS) is 16.3. The van der Waals surface area contributed by atoms with Crippen molar-refractivity contribution >= 4 is 34.3 Å². The quantitative estimate of drug-likeness (QED) is 0.418. The Kier molecular flexibility index (Phi) is 5.73. The van der Waals surface area contributed by atoms with Gasteiger partial charge in [0.25, 0.3) is 5.69 Å². The number of nitrogens with two attached hydrogens (primary N) is 1. The van der Waals surface area contributed by atoms with E-state index in [9.17, 15) is 24.5 Å². The third kappa shape index (κ3) is 4.37. The molecule has 4 rings (SSSR count). The second-order valence-corrected chi connectivity index (χ2v) is 7.64. The number of nitro groups is 1. The summed E-state index contributed by atoms with van der Waals surface area (Å²) >= 11 is 0. The van der Waals surface area contributed by atoms with Crippen LogP contribution >= 0.6 is 0 Å². The molecule has 0 saturated carbocycles. The number of primary amides is 1. The Morgan fingerprint density at radius 2 is 2.06 bits per heavy atom. The van der Waals surface area contributed by atoms with Crippen molar-refractivity contribution in [2.45, 2.75) is 32.0 Å². The minimum absolute atomic E-state index is 0.0358. The maximum Gasteiger partial charge on any atom is 0.420 e. The second-order valence-electron chi connectivity index (χ2n) is 7.64. The number of fused-ring (bicyclic) bond motifs is 1. The van der Waals surface area contributed by atoms with Crippen molar-refractivity contribution in [1.82, 2.24) is 9.47 Å². The number of oxazole rings is 1. The average Bonchev–Trinajstić information content (AvgIpc) is 3.32. The Labute approximate surface area is 181 Å². The van der Waals surface area contributed by atoms with Crippen LogP contribution < -0.4 is 16.8 Å². The molecule has 2 aromatic carbocycles. The molecule has 0 radical (unpaired) electrons. The Bertz CT molecular complexity index is 1260. The molecule has 1 unspecified atom stereocenters. The number of nitrogens with zero attached hydrogens (tertiary/aromatic N) is 3. The average molecular weight is 439 g/mol. The number of rotatable bonds is 7. The van der Waals surface area contributed by atoms with Crippen LogP contribution in [0.2, 0.25) is 0 Å². The molecule has 1 aliphatic rings. The highest BCUT2D eigenvalue weighted by atomic mass is 16.6. The number of carbonyl (C=O) groups excluding carboxylic acids is 2. The minimum Gasteiger partial charge on any atom is -0.407 e. The lowest BCUT2D eigenvalue weighted by atomic mass is 10.1. The number of likely N-dealkylation sites (tertiary alicyclic amines) is 1. The highest BCUT2D eigenvalue weighted by molar-refractivity contribution is 5.91. The standard InChI is InChI=1S/C21H21N5O6/c22-20(28)17-5-2-8-24(17)11-13-3-1-4-14(9-13)23-19(27)12-25-16-7-6-15(26(30)31)10-18(16)32-21(25)29/h1,3-4,6-7,9-10,17H,2,5,8,11-12H2,(H2,22,28)(H,23,27). The van der Waals surface area contributed by atoms with Crippen molar-refractivity contribution < 1.29 is 18.9 Å². The molecule has 11 nitrogen and oxygen atoms in total. The lowest BCUT2D eigenvalue weighted by molar-refractivity contribution is -0.384. The van der Waals surface area contributed by atoms with Crippen molar-refractivity contribution in [3.63, 3.8) is 0 Å². The molecule has 1 saturated heterocycles. The largest absolute Gasteiger partial charge is 0.420 e. The molecule has 0 aliphatic carbocycles. The van der Waals surface area contributed by atoms with E-state index in [4.69, 9.17) is 10.2 Å². The summed E-state index contributed by atoms with van der Waals surface area (Å²) in [5.41, 5.74) is 7.03. The van der Waals surface area contributed by atoms with Gasteiger partial charge >= 0.3 is 5.76 Å². The molecule has 3 aromatic rings. The molecule has 2 amide bonds. The van der Waals surface area contributed by atoms with E-state index >= 15 is 0 Å². The van der Waals surface area contributed by atoms with Gasteiger partial charge in [0.05, 0.1) is 22.5 Å². The van der Waals surface area contributed by atoms with E-state index in [1.54, 1.807) is 18.2 Å². The number of anilines is 1. The summed E-state index contributed by atoms with van der Waals surface area (Å²) in [7, 11) is 0. The molecule has 1 aromatic heterocycles. The first-order valence-electron chi connectivity index (χ1n) is 10.0. The Hall–Kier alpha value is -3.99. The number of amides is 2. The Balaban J connectivity index is 1.46. The van der Waals surface area contributed by atoms with Gasteiger partial charge in [-0.2, -0.15) is 0 Å². The molecule has 1 atom stereocenters. The molecule has 3 N–H and O–H groups in total. The minimum atomic E-state index is -0.782. The van der Waals surface area contributed by atoms with Gasteiger partial charge in [-0.1, -0.05) is 12.1 Å². The molecule has 1 aliphatic heterocycles. The van der Waals surface area contributed by atoms with Gasteiger partial charge in [-0.3, -0.25) is 29.2 Å². The zero-order valence-electron chi connectivity index (χ0n) is 17.0. The SMILES string of the molecule is NC(=O)C1CCCN1Cc1cccc(NC(=O)Cn2c(=O)oc3cc([N+](=O)[O-])ccc32)c1. The van der Waals surface area contributed by atoms with E-state index in [-0.39, 0.29) is 35.3 Å². The van der Waals surface area contributed by atoms with Gasteiger partial charge < -0.3 is 15.5 Å². The third-order valence-corrected chi connectivity index (χ3v) is 5.45. The van der Waals surface area contributed by atoms with Crippen LogP contribution in [0.3, 0.4) is 0 Å². The number of benzene rings is 2. The second kappa shape index (κ2) is 8.63. The van der Waals surface area contributed by atoms with Gasteiger partial charge in [0.1, 0.15) is 6.54 Å². The van der Waals surface area contributed by atoms with Crippen molar-refractivity contribution in [3.8, 4) is 0 Å². The number of hydrogen-bond acceptors (Lipinski definition) is 7. The van der Waals surface area contributed by atoms with Crippen LogP contribution in [-0.4, -0.2) is 38.8 Å². The number of carbonyl (C=O) groups is 2. The Morgan fingerprint density at radius 1 is 1.25 bits per heavy atom. The fraction of sp³-hybridized carbons (Fsp3) is 0.286. The molecule has 2 heterocycles. The van der Waals surface area contributed by atoms with Crippen LogP contribution in [0.5, 0.6) is 0 Å². The van der Waals surface area contributed by atoms with Gasteiger partial charge in [-0.05, 0) is 43.1 Å². The van der Waals surface area contributed by atoms with Crippen molar-refractivity contribution in [3.05, 3.63) is 68.7 Å². The van der Waals surface area contributed by atoms with Crippen LogP contribution in [0.4, 0.5) is 11.4 Å². The van der Waals surface area contributed by atoms with Crippen molar-refractivity contribution in [1.29, 1.82) is 0 Å². The van der Waals surface area contributed by atoms with Gasteiger partial charge in [0.15, 0.2) is 5.58 Å². The molecular formula is C21H21N5O6. The molecule has 166 valence electrons. The smallest absolute Gasteiger partial charge is 0.407 e. The molecule has 32 heavy (non-hydrogen) atoms. The highest BCUT2D eigenvalue weighted by Gasteiger charge is 2.28. The van der Waals surface area contributed by atoms with E-state index in [1.807, 2.05) is 11.0 Å². The molecular weight excluding hydrogens is 418 g/mol. The summed E-state index contributed by atoms with van der Waals surface area (Å²) in [6.07, 6.45) is 1.64. The zero-order valence-corrected chi connectivity index (χ0v) is 17.0. The topological polar surface area (TPSA) is 154 Å². The number of non-ortho nitro benzene ring substituents is 1. The maximum absolute atomic E-state index is 12.6. The van der Waals surface area contributed by atoms with Gasteiger partial charge in [-0.15, -0.1) is 0 Å². The summed E-state index contributed by atoms with van der Waals surface area (Å²) < 4.78 is 6.15. The summed E-state index contributed by atoms with van der Waals surface area (Å²) in [6.45, 7) is 0.991. The first-order valence-corrected chi connectivity index (χ1v) is 10.0. The van der Waals surface area contributed by atoms with Crippen molar-refractivity contribution in [2.75, 3.05) is 11.9 Å². The molecule has 0 bridgehead atoms. The van der Waals surface area contributed by atoms with E-state index in [1.165, 1.54) is 12.1 Å². The molecule has 11 heteroatoms. The highest BCUT2D eigenvalue weighted by Crippen LogP contribution is 2.22. The number of nitro benzene ring substituents is 1. The van der Waals surface area contributed by atoms with Crippen LogP contribution in [-0.2, 0) is 22.7 Å². The zero-order chi connectivity index (χ0) is 22.8. The van der Waals surface area contributed by atoms with E-state index < -0.39 is 16.6 Å². The van der Waals surface area contributed by atoms with Crippen molar-refractivity contribution in [2.24, 2.45) is 5.73 Å². The maximum atomic E-state index is 12.6. The number of nitrogens with one attached hydrogen (secondary N) is 1. The van der Waals surface area contributed by atoms with Crippen LogP contribution in [0, 0.1) is 10.1 Å². The van der Waals surface area contributed by atoms with Crippen LogP contribution in [0.25, 0.3) is 11.1 Å². The summed E-state index contributed by atoms with van der Waals surface area (Å²) in [4.78, 5) is 48.6. The lowest BCUT2D eigenvalue weighted by Crippen LogP contribution is -2.39. The van der Waals surface area contributed by atoms with E-state index in [0.717, 1.165) is 35.6 Å². The first kappa shape index (κ1) is 21.2. The monoisotopic (exact) mass is 439 g/mol.